The Morgan fingerprint density at radius 2 is 1.69 bits per heavy atom. The second kappa shape index (κ2) is 9.30. The lowest BCUT2D eigenvalue weighted by Crippen LogP contribution is -2.54. The molecule has 1 atom stereocenters. The second-order valence-corrected chi connectivity index (χ2v) is 8.63. The van der Waals surface area contributed by atoms with Crippen molar-refractivity contribution in [3.63, 3.8) is 0 Å². The minimum atomic E-state index is -0.648. The van der Waals surface area contributed by atoms with Crippen LogP contribution in [0.5, 0.6) is 0 Å². The maximum Gasteiger partial charge on any atom is 0.272 e. The average Bonchev–Trinajstić information content (AvgIpc) is 2.84. The van der Waals surface area contributed by atoms with Crippen molar-refractivity contribution >= 4 is 11.8 Å². The minimum absolute atomic E-state index is 0.0641. The predicted molar refractivity (Wildman–Crippen MR) is 124 cm³/mol. The van der Waals surface area contributed by atoms with Gasteiger partial charge in [-0.3, -0.25) is 19.6 Å². The van der Waals surface area contributed by atoms with E-state index in [-0.39, 0.29) is 11.8 Å². The molecular formula is C26H28N4O2. The summed E-state index contributed by atoms with van der Waals surface area (Å²) in [7, 11) is 3.58. The predicted octanol–water partition coefficient (Wildman–Crippen LogP) is 3.70. The summed E-state index contributed by atoms with van der Waals surface area (Å²) in [6, 6.07) is 17.6. The summed E-state index contributed by atoms with van der Waals surface area (Å²) in [5.74, 6) is -0.0523. The van der Waals surface area contributed by atoms with Crippen molar-refractivity contribution in [2.24, 2.45) is 5.41 Å². The molecule has 1 aromatic carbocycles. The Morgan fingerprint density at radius 3 is 2.34 bits per heavy atom. The molecule has 0 spiro atoms. The number of amides is 2. The number of rotatable bonds is 5. The highest BCUT2D eigenvalue weighted by atomic mass is 16.2. The van der Waals surface area contributed by atoms with Gasteiger partial charge >= 0.3 is 0 Å². The Morgan fingerprint density at radius 1 is 0.969 bits per heavy atom. The summed E-state index contributed by atoms with van der Waals surface area (Å²) >= 11 is 0. The third-order valence-electron chi connectivity index (χ3n) is 6.12. The van der Waals surface area contributed by atoms with Gasteiger partial charge < -0.3 is 9.80 Å². The lowest BCUT2D eigenvalue weighted by Gasteiger charge is -2.43. The summed E-state index contributed by atoms with van der Waals surface area (Å²) in [6.07, 6.45) is 7.31. The van der Waals surface area contributed by atoms with Gasteiger partial charge in [0.05, 0.1) is 5.41 Å². The van der Waals surface area contributed by atoms with Gasteiger partial charge in [-0.2, -0.15) is 0 Å². The van der Waals surface area contributed by atoms with Crippen LogP contribution in [0, 0.1) is 5.41 Å². The molecule has 0 saturated carbocycles. The van der Waals surface area contributed by atoms with E-state index < -0.39 is 5.41 Å². The second-order valence-electron chi connectivity index (χ2n) is 8.63. The summed E-state index contributed by atoms with van der Waals surface area (Å²) in [5.41, 5.74) is 3.08. The number of carbonyl (C=O) groups is 2. The highest BCUT2D eigenvalue weighted by molar-refractivity contribution is 5.93. The van der Waals surface area contributed by atoms with Gasteiger partial charge in [-0.15, -0.1) is 0 Å². The van der Waals surface area contributed by atoms with Gasteiger partial charge in [-0.05, 0) is 60.2 Å². The molecular weight excluding hydrogens is 400 g/mol. The van der Waals surface area contributed by atoms with E-state index >= 15 is 0 Å². The first-order chi connectivity index (χ1) is 15.5. The Balaban J connectivity index is 1.59. The Bertz CT molecular complexity index is 1070. The maximum atomic E-state index is 13.4. The largest absolute Gasteiger partial charge is 0.348 e. The normalized spacial score (nSPS) is 18.2. The van der Waals surface area contributed by atoms with Crippen molar-refractivity contribution in [2.75, 3.05) is 27.2 Å². The molecule has 2 aromatic heterocycles. The molecule has 1 aliphatic rings. The van der Waals surface area contributed by atoms with E-state index in [0.29, 0.717) is 25.2 Å². The zero-order valence-electron chi connectivity index (χ0n) is 18.6. The monoisotopic (exact) mass is 428 g/mol. The first kappa shape index (κ1) is 21.7. The van der Waals surface area contributed by atoms with Crippen LogP contribution in [0.15, 0.2) is 73.2 Å². The standard InChI is InChI=1S/C26H28N4O2/c1-29(2)25(32)26(13-5-17-30(19-26)24(31)23-6-3-4-14-28-23)18-20-7-9-21(10-8-20)22-11-15-27-16-12-22/h3-4,6-12,14-16H,5,13,17-19H2,1-2H3. The van der Waals surface area contributed by atoms with Crippen molar-refractivity contribution in [3.8, 4) is 11.1 Å². The van der Waals surface area contributed by atoms with E-state index in [0.717, 1.165) is 29.5 Å². The van der Waals surface area contributed by atoms with E-state index in [1.165, 1.54) is 0 Å². The Hall–Kier alpha value is -3.54. The molecule has 2 amide bonds. The van der Waals surface area contributed by atoms with Crippen LogP contribution in [0.1, 0.15) is 28.9 Å². The van der Waals surface area contributed by atoms with Crippen LogP contribution in [0.3, 0.4) is 0 Å². The zero-order chi connectivity index (χ0) is 22.6. The molecule has 4 rings (SSSR count). The fraction of sp³-hybridized carbons (Fsp3) is 0.308. The van der Waals surface area contributed by atoms with Crippen molar-refractivity contribution in [1.29, 1.82) is 0 Å². The van der Waals surface area contributed by atoms with E-state index in [1.807, 2.05) is 18.2 Å². The number of likely N-dealkylation sites (tertiary alicyclic amines) is 1. The summed E-state index contributed by atoms with van der Waals surface area (Å²) in [4.78, 5) is 38.2. The van der Waals surface area contributed by atoms with Crippen LogP contribution in [0.4, 0.5) is 0 Å². The molecule has 32 heavy (non-hydrogen) atoms. The van der Waals surface area contributed by atoms with Crippen LogP contribution in [0.2, 0.25) is 0 Å². The van der Waals surface area contributed by atoms with Crippen molar-refractivity contribution in [1.82, 2.24) is 19.8 Å². The number of carbonyl (C=O) groups excluding carboxylic acids is 2. The van der Waals surface area contributed by atoms with Crippen molar-refractivity contribution in [2.45, 2.75) is 19.3 Å². The summed E-state index contributed by atoms with van der Waals surface area (Å²) in [5, 5.41) is 0. The molecule has 6 heteroatoms. The maximum absolute atomic E-state index is 13.4. The van der Waals surface area contributed by atoms with E-state index in [4.69, 9.17) is 0 Å². The van der Waals surface area contributed by atoms with Gasteiger partial charge in [0.25, 0.3) is 5.91 Å². The molecule has 1 fully saturated rings. The third-order valence-corrected chi connectivity index (χ3v) is 6.12. The molecule has 1 unspecified atom stereocenters. The van der Waals surface area contributed by atoms with Gasteiger partial charge in [0.15, 0.2) is 0 Å². The SMILES string of the molecule is CN(C)C(=O)C1(Cc2ccc(-c3ccncc3)cc2)CCCN(C(=O)c2ccccn2)C1. The average molecular weight is 429 g/mol. The highest BCUT2D eigenvalue weighted by Crippen LogP contribution is 2.36. The van der Waals surface area contributed by atoms with E-state index in [1.54, 1.807) is 54.6 Å². The number of hydrogen-bond donors (Lipinski definition) is 0. The van der Waals surface area contributed by atoms with Crippen LogP contribution in [0.25, 0.3) is 11.1 Å². The first-order valence-electron chi connectivity index (χ1n) is 10.9. The minimum Gasteiger partial charge on any atom is -0.348 e. The van der Waals surface area contributed by atoms with Gasteiger partial charge in [0.1, 0.15) is 5.69 Å². The summed E-state index contributed by atoms with van der Waals surface area (Å²) < 4.78 is 0. The van der Waals surface area contributed by atoms with Crippen molar-refractivity contribution in [3.05, 3.63) is 84.4 Å². The smallest absolute Gasteiger partial charge is 0.272 e. The third kappa shape index (κ3) is 4.54. The number of aromatic nitrogens is 2. The molecule has 3 heterocycles. The topological polar surface area (TPSA) is 66.4 Å². The molecule has 3 aromatic rings. The number of benzene rings is 1. The fourth-order valence-electron chi connectivity index (χ4n) is 4.58. The number of pyridine rings is 2. The zero-order valence-corrected chi connectivity index (χ0v) is 18.6. The van der Waals surface area contributed by atoms with Crippen molar-refractivity contribution < 1.29 is 9.59 Å². The molecule has 1 saturated heterocycles. The fourth-order valence-corrected chi connectivity index (χ4v) is 4.58. The van der Waals surface area contributed by atoms with Crippen LogP contribution < -0.4 is 0 Å². The van der Waals surface area contributed by atoms with Gasteiger partial charge in [-0.1, -0.05) is 30.3 Å². The molecule has 0 N–H and O–H groups in total. The van der Waals surface area contributed by atoms with Crippen LogP contribution >= 0.6 is 0 Å². The highest BCUT2D eigenvalue weighted by Gasteiger charge is 2.44. The van der Waals surface area contributed by atoms with Gasteiger partial charge in [-0.25, -0.2) is 0 Å². The number of piperidine rings is 1. The van der Waals surface area contributed by atoms with E-state index in [9.17, 15) is 9.59 Å². The molecule has 0 aliphatic carbocycles. The molecule has 164 valence electrons. The molecule has 0 radical (unpaired) electrons. The quantitative estimate of drug-likeness (QED) is 0.622. The Kier molecular flexibility index (Phi) is 6.30. The van der Waals surface area contributed by atoms with Gasteiger partial charge in [0, 0.05) is 45.8 Å². The first-order valence-corrected chi connectivity index (χ1v) is 10.9. The Labute approximate surface area is 188 Å². The number of nitrogens with zero attached hydrogens (tertiary/aromatic N) is 4. The van der Waals surface area contributed by atoms with Crippen LogP contribution in [-0.2, 0) is 11.2 Å². The lowest BCUT2D eigenvalue weighted by atomic mass is 9.73. The molecule has 1 aliphatic heterocycles. The number of hydrogen-bond acceptors (Lipinski definition) is 4. The summed E-state index contributed by atoms with van der Waals surface area (Å²) in [6.45, 7) is 1.03. The van der Waals surface area contributed by atoms with Gasteiger partial charge in [0.2, 0.25) is 5.91 Å². The van der Waals surface area contributed by atoms with Crippen LogP contribution in [-0.4, -0.2) is 58.8 Å². The molecule has 0 bridgehead atoms. The lowest BCUT2D eigenvalue weighted by molar-refractivity contribution is -0.142. The van der Waals surface area contributed by atoms with E-state index in [2.05, 4.69) is 34.2 Å². The molecule has 6 nitrogen and oxygen atoms in total.